The van der Waals surface area contributed by atoms with Gasteiger partial charge in [0.05, 0.1) is 0 Å². The first kappa shape index (κ1) is 12.7. The summed E-state index contributed by atoms with van der Waals surface area (Å²) in [7, 11) is 0. The maximum atomic E-state index is 12.0. The smallest absolute Gasteiger partial charge is 0.204 e. The van der Waals surface area contributed by atoms with E-state index in [1.807, 2.05) is 32.0 Å². The number of nitrogens with zero attached hydrogens (tertiary/aromatic N) is 2. The summed E-state index contributed by atoms with van der Waals surface area (Å²) >= 11 is 6.09. The minimum atomic E-state index is -0.124. The highest BCUT2D eigenvalue weighted by molar-refractivity contribution is 6.31. The Hall–Kier alpha value is -1.74. The van der Waals surface area contributed by atoms with Gasteiger partial charge in [-0.25, -0.2) is 9.97 Å². The largest absolute Gasteiger partial charge is 0.290 e. The number of aromatic nitrogens is 2. The number of rotatable bonds is 3. The molecular weight excluding hydrogens is 248 g/mol. The molecule has 18 heavy (non-hydrogen) atoms. The summed E-state index contributed by atoms with van der Waals surface area (Å²) in [5.74, 6) is 0.109. The zero-order valence-corrected chi connectivity index (χ0v) is 11.0. The molecule has 0 aliphatic heterocycles. The molecule has 3 nitrogen and oxygen atoms in total. The summed E-state index contributed by atoms with van der Waals surface area (Å²) in [6, 6.07) is 5.65. The molecule has 0 fully saturated rings. The Kier molecular flexibility index (Phi) is 3.72. The third-order valence-corrected chi connectivity index (χ3v) is 2.94. The van der Waals surface area contributed by atoms with Crippen molar-refractivity contribution in [2.24, 2.45) is 0 Å². The number of Topliss-reactive ketones (excluding diaryl/α,β-unsaturated/α-hetero) is 1. The van der Waals surface area contributed by atoms with Crippen LogP contribution in [0.25, 0.3) is 0 Å². The lowest BCUT2D eigenvalue weighted by molar-refractivity contribution is 0.0983. The normalized spacial score (nSPS) is 10.4. The SMILES string of the molecule is Cc1cnc(C(=O)Cc2ccc(C)cc2Cl)nc1. The number of halogens is 1. The van der Waals surface area contributed by atoms with Crippen molar-refractivity contribution in [3.63, 3.8) is 0 Å². The van der Waals surface area contributed by atoms with Gasteiger partial charge in [-0.15, -0.1) is 0 Å². The quantitative estimate of drug-likeness (QED) is 0.796. The second kappa shape index (κ2) is 5.27. The second-order valence-corrected chi connectivity index (χ2v) is 4.69. The van der Waals surface area contributed by atoms with Crippen LogP contribution in [0.15, 0.2) is 30.6 Å². The average Bonchev–Trinajstić information content (AvgIpc) is 2.33. The fourth-order valence-corrected chi connectivity index (χ4v) is 1.89. The van der Waals surface area contributed by atoms with Crippen LogP contribution >= 0.6 is 11.6 Å². The average molecular weight is 261 g/mol. The number of carbonyl (C=O) groups excluding carboxylic acids is 1. The van der Waals surface area contributed by atoms with E-state index in [1.165, 1.54) is 0 Å². The molecule has 0 N–H and O–H groups in total. The van der Waals surface area contributed by atoms with Gasteiger partial charge in [0.25, 0.3) is 0 Å². The summed E-state index contributed by atoms with van der Waals surface area (Å²) in [5, 5.41) is 0.607. The van der Waals surface area contributed by atoms with E-state index in [-0.39, 0.29) is 18.0 Å². The highest BCUT2D eigenvalue weighted by atomic mass is 35.5. The van der Waals surface area contributed by atoms with Crippen LogP contribution in [-0.2, 0) is 6.42 Å². The Bertz CT molecular complexity index is 579. The Morgan fingerprint density at radius 2 is 1.83 bits per heavy atom. The van der Waals surface area contributed by atoms with E-state index in [4.69, 9.17) is 11.6 Å². The van der Waals surface area contributed by atoms with E-state index in [2.05, 4.69) is 9.97 Å². The number of hydrogen-bond donors (Lipinski definition) is 0. The molecule has 4 heteroatoms. The Morgan fingerprint density at radius 3 is 2.44 bits per heavy atom. The highest BCUT2D eigenvalue weighted by Gasteiger charge is 2.12. The van der Waals surface area contributed by atoms with Crippen LogP contribution in [0.4, 0.5) is 0 Å². The van der Waals surface area contributed by atoms with Crippen molar-refractivity contribution >= 4 is 17.4 Å². The molecule has 0 unspecified atom stereocenters. The van der Waals surface area contributed by atoms with Crippen LogP contribution in [0.5, 0.6) is 0 Å². The Labute approximate surface area is 111 Å². The zero-order chi connectivity index (χ0) is 13.1. The van der Waals surface area contributed by atoms with Gasteiger partial charge in [-0.2, -0.15) is 0 Å². The molecule has 0 atom stereocenters. The van der Waals surface area contributed by atoms with Crippen LogP contribution in [0.2, 0.25) is 5.02 Å². The van der Waals surface area contributed by atoms with E-state index in [1.54, 1.807) is 12.4 Å². The molecule has 1 aromatic heterocycles. The lowest BCUT2D eigenvalue weighted by Crippen LogP contribution is -2.09. The van der Waals surface area contributed by atoms with E-state index in [9.17, 15) is 4.79 Å². The van der Waals surface area contributed by atoms with Crippen LogP contribution < -0.4 is 0 Å². The molecule has 0 aliphatic rings. The first-order valence-corrected chi connectivity index (χ1v) is 6.01. The van der Waals surface area contributed by atoms with Crippen molar-refractivity contribution in [3.05, 3.63) is 58.1 Å². The van der Waals surface area contributed by atoms with E-state index in [0.29, 0.717) is 5.02 Å². The highest BCUT2D eigenvalue weighted by Crippen LogP contribution is 2.19. The summed E-state index contributed by atoms with van der Waals surface area (Å²) < 4.78 is 0. The van der Waals surface area contributed by atoms with E-state index in [0.717, 1.165) is 16.7 Å². The Balaban J connectivity index is 2.18. The van der Waals surface area contributed by atoms with Gasteiger partial charge in [0.15, 0.2) is 5.82 Å². The first-order chi connectivity index (χ1) is 8.56. The van der Waals surface area contributed by atoms with Gasteiger partial charge in [0.2, 0.25) is 5.78 Å². The lowest BCUT2D eigenvalue weighted by Gasteiger charge is -2.04. The van der Waals surface area contributed by atoms with Crippen LogP contribution in [0, 0.1) is 13.8 Å². The molecule has 0 saturated carbocycles. The summed E-state index contributed by atoms with van der Waals surface area (Å²) in [4.78, 5) is 20.0. The second-order valence-electron chi connectivity index (χ2n) is 4.28. The minimum Gasteiger partial charge on any atom is -0.290 e. The summed E-state index contributed by atoms with van der Waals surface area (Å²) in [5.41, 5.74) is 2.80. The molecule has 0 bridgehead atoms. The fourth-order valence-electron chi connectivity index (χ4n) is 1.58. The van der Waals surface area contributed by atoms with Crippen molar-refractivity contribution in [2.75, 3.05) is 0 Å². The topological polar surface area (TPSA) is 42.9 Å². The molecule has 0 aliphatic carbocycles. The van der Waals surface area contributed by atoms with Crippen LogP contribution in [0.3, 0.4) is 0 Å². The molecule has 1 heterocycles. The predicted octanol–water partition coefficient (Wildman–Crippen LogP) is 3.17. The van der Waals surface area contributed by atoms with Gasteiger partial charge in [-0.3, -0.25) is 4.79 Å². The fraction of sp³-hybridized carbons (Fsp3) is 0.214. The van der Waals surface area contributed by atoms with E-state index < -0.39 is 0 Å². The molecule has 2 rings (SSSR count). The molecule has 0 spiro atoms. The van der Waals surface area contributed by atoms with Crippen LogP contribution in [-0.4, -0.2) is 15.8 Å². The van der Waals surface area contributed by atoms with Crippen molar-refractivity contribution < 1.29 is 4.79 Å². The van der Waals surface area contributed by atoms with Crippen molar-refractivity contribution in [3.8, 4) is 0 Å². The van der Waals surface area contributed by atoms with Gasteiger partial charge < -0.3 is 0 Å². The molecule has 0 amide bonds. The number of ketones is 1. The van der Waals surface area contributed by atoms with Crippen molar-refractivity contribution in [1.29, 1.82) is 0 Å². The maximum Gasteiger partial charge on any atom is 0.204 e. The number of carbonyl (C=O) groups is 1. The van der Waals surface area contributed by atoms with Gasteiger partial charge in [-0.1, -0.05) is 23.7 Å². The third kappa shape index (κ3) is 2.93. The zero-order valence-electron chi connectivity index (χ0n) is 10.3. The molecule has 2 aromatic rings. The third-order valence-electron chi connectivity index (χ3n) is 2.59. The number of hydrogen-bond acceptors (Lipinski definition) is 3. The molecular formula is C14H13ClN2O. The standard InChI is InChI=1S/C14H13ClN2O/c1-9-3-4-11(12(15)5-9)6-13(18)14-16-7-10(2)8-17-14/h3-5,7-8H,6H2,1-2H3. The molecule has 0 radical (unpaired) electrons. The minimum absolute atomic E-state index is 0.124. The lowest BCUT2D eigenvalue weighted by atomic mass is 10.1. The van der Waals surface area contributed by atoms with Crippen LogP contribution in [0.1, 0.15) is 27.3 Å². The maximum absolute atomic E-state index is 12.0. The number of aryl methyl sites for hydroxylation is 2. The van der Waals surface area contributed by atoms with Gasteiger partial charge in [-0.05, 0) is 36.6 Å². The monoisotopic (exact) mass is 260 g/mol. The first-order valence-electron chi connectivity index (χ1n) is 5.63. The van der Waals surface area contributed by atoms with E-state index >= 15 is 0 Å². The van der Waals surface area contributed by atoms with Gasteiger partial charge >= 0.3 is 0 Å². The molecule has 0 saturated heterocycles. The number of benzene rings is 1. The summed E-state index contributed by atoms with van der Waals surface area (Å²) in [6.45, 7) is 3.84. The Morgan fingerprint density at radius 1 is 1.17 bits per heavy atom. The molecule has 1 aromatic carbocycles. The predicted molar refractivity (Wildman–Crippen MR) is 71.0 cm³/mol. The van der Waals surface area contributed by atoms with Crippen molar-refractivity contribution in [2.45, 2.75) is 20.3 Å². The van der Waals surface area contributed by atoms with Gasteiger partial charge in [0, 0.05) is 23.8 Å². The molecule has 92 valence electrons. The summed E-state index contributed by atoms with van der Waals surface area (Å²) in [6.07, 6.45) is 3.50. The van der Waals surface area contributed by atoms with Gasteiger partial charge in [0.1, 0.15) is 0 Å². The van der Waals surface area contributed by atoms with Crippen molar-refractivity contribution in [1.82, 2.24) is 9.97 Å².